The quantitative estimate of drug-likeness (QED) is 0.754. The average molecular weight is 361 g/mol. The minimum Gasteiger partial charge on any atom is -0.483 e. The minimum absolute atomic E-state index is 0.116. The summed E-state index contributed by atoms with van der Waals surface area (Å²) in [5.74, 6) is -0.0288. The normalized spacial score (nSPS) is 10.4. The van der Waals surface area contributed by atoms with Crippen molar-refractivity contribution >= 4 is 28.2 Å². The lowest BCUT2D eigenvalue weighted by Gasteiger charge is -2.11. The maximum absolute atomic E-state index is 12.3. The Bertz CT molecular complexity index is 767. The smallest absolute Gasteiger partial charge is 0.341 e. The van der Waals surface area contributed by atoms with Gasteiger partial charge in [-0.05, 0) is 44.4 Å². The lowest BCUT2D eigenvalue weighted by Crippen LogP contribution is -2.21. The van der Waals surface area contributed by atoms with Crippen molar-refractivity contribution in [1.82, 2.24) is 0 Å². The number of hydrogen-bond donors (Lipinski definition) is 1. The third-order valence-corrected chi connectivity index (χ3v) is 4.95. The Labute approximate surface area is 152 Å². The van der Waals surface area contributed by atoms with Crippen LogP contribution >= 0.6 is 11.3 Å². The number of para-hydroxylation sites is 1. The van der Waals surface area contributed by atoms with E-state index in [0.717, 1.165) is 22.4 Å². The number of carbonyl (C=O) groups excluding carboxylic acids is 2. The number of hydrogen-bond acceptors (Lipinski definition) is 5. The molecule has 1 aromatic carbocycles. The van der Waals surface area contributed by atoms with Crippen molar-refractivity contribution in [3.05, 3.63) is 45.8 Å². The molecule has 1 heterocycles. The summed E-state index contributed by atoms with van der Waals surface area (Å²) in [6.45, 7) is 7.72. The van der Waals surface area contributed by atoms with Crippen LogP contribution in [0.5, 0.6) is 5.75 Å². The first-order valence-electron chi connectivity index (χ1n) is 8.25. The molecule has 0 aliphatic rings. The van der Waals surface area contributed by atoms with Gasteiger partial charge in [-0.25, -0.2) is 4.79 Å². The molecule has 0 fully saturated rings. The Morgan fingerprint density at radius 1 is 1.16 bits per heavy atom. The van der Waals surface area contributed by atoms with Crippen molar-refractivity contribution < 1.29 is 19.1 Å². The van der Waals surface area contributed by atoms with Crippen molar-refractivity contribution in [1.29, 1.82) is 0 Å². The number of esters is 1. The number of anilines is 1. The van der Waals surface area contributed by atoms with Crippen molar-refractivity contribution in [2.45, 2.75) is 34.1 Å². The molecule has 0 saturated carbocycles. The molecule has 0 spiro atoms. The number of rotatable bonds is 7. The molecule has 6 heteroatoms. The fourth-order valence-corrected chi connectivity index (χ4v) is 3.47. The summed E-state index contributed by atoms with van der Waals surface area (Å²) < 4.78 is 10.7. The maximum Gasteiger partial charge on any atom is 0.341 e. The lowest BCUT2D eigenvalue weighted by atomic mass is 10.1. The van der Waals surface area contributed by atoms with Gasteiger partial charge in [0.15, 0.2) is 6.61 Å². The van der Waals surface area contributed by atoms with E-state index in [0.29, 0.717) is 16.3 Å². The summed E-state index contributed by atoms with van der Waals surface area (Å²) in [4.78, 5) is 25.4. The first kappa shape index (κ1) is 19.0. The highest BCUT2D eigenvalue weighted by atomic mass is 32.1. The molecule has 0 aliphatic heterocycles. The number of aryl methyl sites for hydroxylation is 2. The van der Waals surface area contributed by atoms with E-state index in [9.17, 15) is 9.59 Å². The molecule has 0 radical (unpaired) electrons. The van der Waals surface area contributed by atoms with Gasteiger partial charge in [0.2, 0.25) is 0 Å². The third kappa shape index (κ3) is 4.60. The van der Waals surface area contributed by atoms with Gasteiger partial charge >= 0.3 is 5.97 Å². The first-order valence-corrected chi connectivity index (χ1v) is 9.07. The van der Waals surface area contributed by atoms with Gasteiger partial charge in [0.1, 0.15) is 10.8 Å². The van der Waals surface area contributed by atoms with Gasteiger partial charge in [-0.15, -0.1) is 11.3 Å². The number of thiophene rings is 1. The molecule has 0 atom stereocenters. The van der Waals surface area contributed by atoms with Crippen molar-refractivity contribution in [2.75, 3.05) is 18.5 Å². The van der Waals surface area contributed by atoms with Gasteiger partial charge in [0.05, 0.1) is 12.2 Å². The van der Waals surface area contributed by atoms with E-state index in [1.807, 2.05) is 45.0 Å². The molecule has 1 amide bonds. The van der Waals surface area contributed by atoms with Crippen LogP contribution in [0.2, 0.25) is 0 Å². The van der Waals surface area contributed by atoms with Gasteiger partial charge in [0, 0.05) is 4.88 Å². The molecule has 25 heavy (non-hydrogen) atoms. The predicted octanol–water partition coefficient (Wildman–Crippen LogP) is 4.12. The molecule has 1 N–H and O–H groups in total. The predicted molar refractivity (Wildman–Crippen MR) is 99.7 cm³/mol. The SMILES string of the molecule is CCOC(=O)c1c(NC(=O)COc2ccccc2CC)sc(C)c1C. The fraction of sp³-hybridized carbons (Fsp3) is 0.368. The summed E-state index contributed by atoms with van der Waals surface area (Å²) in [5, 5.41) is 3.28. The number of nitrogens with one attached hydrogen (secondary N) is 1. The minimum atomic E-state index is -0.420. The van der Waals surface area contributed by atoms with Crippen LogP contribution in [0, 0.1) is 13.8 Å². The van der Waals surface area contributed by atoms with Crippen LogP contribution < -0.4 is 10.1 Å². The molecule has 0 bridgehead atoms. The Morgan fingerprint density at radius 3 is 2.56 bits per heavy atom. The topological polar surface area (TPSA) is 64.6 Å². The molecule has 0 aliphatic carbocycles. The van der Waals surface area contributed by atoms with E-state index in [-0.39, 0.29) is 19.1 Å². The average Bonchev–Trinajstić information content (AvgIpc) is 2.87. The summed E-state index contributed by atoms with van der Waals surface area (Å²) in [6, 6.07) is 7.62. The van der Waals surface area contributed by atoms with Gasteiger partial charge < -0.3 is 14.8 Å². The summed E-state index contributed by atoms with van der Waals surface area (Å²) >= 11 is 1.36. The Morgan fingerprint density at radius 2 is 1.88 bits per heavy atom. The van der Waals surface area contributed by atoms with Crippen LogP contribution in [0.1, 0.15) is 40.2 Å². The van der Waals surface area contributed by atoms with Crippen LogP contribution in [0.15, 0.2) is 24.3 Å². The summed E-state index contributed by atoms with van der Waals surface area (Å²) in [7, 11) is 0. The standard InChI is InChI=1S/C19H23NO4S/c1-5-14-9-7-8-10-15(14)24-11-16(21)20-18-17(19(22)23-6-2)12(3)13(4)25-18/h7-10H,5-6,11H2,1-4H3,(H,20,21). The van der Waals surface area contributed by atoms with Crippen molar-refractivity contribution in [3.8, 4) is 5.75 Å². The van der Waals surface area contributed by atoms with E-state index >= 15 is 0 Å². The maximum atomic E-state index is 12.3. The third-order valence-electron chi connectivity index (χ3n) is 3.83. The molecule has 5 nitrogen and oxygen atoms in total. The van der Waals surface area contributed by atoms with Gasteiger partial charge in [-0.2, -0.15) is 0 Å². The van der Waals surface area contributed by atoms with Crippen molar-refractivity contribution in [3.63, 3.8) is 0 Å². The van der Waals surface area contributed by atoms with E-state index < -0.39 is 5.97 Å². The number of benzene rings is 1. The summed E-state index contributed by atoms with van der Waals surface area (Å²) in [5.41, 5.74) is 2.30. The molecular formula is C19H23NO4S. The lowest BCUT2D eigenvalue weighted by molar-refractivity contribution is -0.118. The van der Waals surface area contributed by atoms with Gasteiger partial charge in [-0.3, -0.25) is 4.79 Å². The number of ether oxygens (including phenoxy) is 2. The fourth-order valence-electron chi connectivity index (χ4n) is 2.41. The van der Waals surface area contributed by atoms with E-state index in [1.165, 1.54) is 11.3 Å². The number of carbonyl (C=O) groups is 2. The van der Waals surface area contributed by atoms with E-state index in [4.69, 9.17) is 9.47 Å². The Balaban J connectivity index is 2.08. The molecular weight excluding hydrogens is 338 g/mol. The molecule has 134 valence electrons. The zero-order valence-electron chi connectivity index (χ0n) is 15.0. The Kier molecular flexibility index (Phi) is 6.58. The second-order valence-corrected chi connectivity index (χ2v) is 6.73. The Hall–Kier alpha value is -2.34. The zero-order chi connectivity index (χ0) is 18.4. The largest absolute Gasteiger partial charge is 0.483 e. The van der Waals surface area contributed by atoms with Crippen LogP contribution in [0.25, 0.3) is 0 Å². The number of amides is 1. The molecule has 1 aromatic heterocycles. The highest BCUT2D eigenvalue weighted by molar-refractivity contribution is 7.16. The van der Waals surface area contributed by atoms with Crippen molar-refractivity contribution in [2.24, 2.45) is 0 Å². The van der Waals surface area contributed by atoms with Gasteiger partial charge in [-0.1, -0.05) is 25.1 Å². The van der Waals surface area contributed by atoms with Crippen LogP contribution in [-0.2, 0) is 16.0 Å². The van der Waals surface area contributed by atoms with Crippen LogP contribution in [0.3, 0.4) is 0 Å². The highest BCUT2D eigenvalue weighted by Crippen LogP contribution is 2.33. The molecule has 0 unspecified atom stereocenters. The molecule has 2 rings (SSSR count). The zero-order valence-corrected chi connectivity index (χ0v) is 15.8. The molecule has 0 saturated heterocycles. The highest BCUT2D eigenvalue weighted by Gasteiger charge is 2.22. The second-order valence-electron chi connectivity index (χ2n) is 5.51. The van der Waals surface area contributed by atoms with Crippen LogP contribution in [0.4, 0.5) is 5.00 Å². The first-order chi connectivity index (χ1) is 12.0. The summed E-state index contributed by atoms with van der Waals surface area (Å²) in [6.07, 6.45) is 0.827. The van der Waals surface area contributed by atoms with E-state index in [1.54, 1.807) is 6.92 Å². The second kappa shape index (κ2) is 8.67. The van der Waals surface area contributed by atoms with E-state index in [2.05, 4.69) is 5.32 Å². The van der Waals surface area contributed by atoms with Gasteiger partial charge in [0.25, 0.3) is 5.91 Å². The van der Waals surface area contributed by atoms with Crippen LogP contribution in [-0.4, -0.2) is 25.1 Å². The molecule has 2 aromatic rings. The monoisotopic (exact) mass is 361 g/mol.